The van der Waals surface area contributed by atoms with Crippen LogP contribution >= 0.6 is 0 Å². The number of aryl methyl sites for hydroxylation is 1. The molecule has 0 aromatic heterocycles. The Labute approximate surface area is 118 Å². The number of hydrogen-bond donors (Lipinski definition) is 1. The molecule has 0 amide bonds. The minimum absolute atomic E-state index is 0.251. The molecule has 3 aromatic rings. The number of fused-ring (bicyclic) bond motifs is 1. The van der Waals surface area contributed by atoms with Crippen molar-refractivity contribution in [2.75, 3.05) is 0 Å². The van der Waals surface area contributed by atoms with E-state index in [0.29, 0.717) is 0 Å². The van der Waals surface area contributed by atoms with Gasteiger partial charge in [-0.1, -0.05) is 42.5 Å². The van der Waals surface area contributed by atoms with Gasteiger partial charge >= 0.3 is 0 Å². The van der Waals surface area contributed by atoms with E-state index in [-0.39, 0.29) is 5.75 Å². The summed E-state index contributed by atoms with van der Waals surface area (Å²) in [5, 5.41) is 12.2. The first-order valence-corrected chi connectivity index (χ1v) is 6.55. The monoisotopic (exact) mass is 261 g/mol. The topological polar surface area (TPSA) is 32.6 Å². The largest absolute Gasteiger partial charge is 0.507 e. The average Bonchev–Trinajstić information content (AvgIpc) is 2.46. The maximum absolute atomic E-state index is 10.1. The lowest BCUT2D eigenvalue weighted by Gasteiger charge is -2.03. The van der Waals surface area contributed by atoms with Crippen molar-refractivity contribution < 1.29 is 5.11 Å². The first-order valence-electron chi connectivity index (χ1n) is 6.55. The van der Waals surface area contributed by atoms with Gasteiger partial charge in [-0.3, -0.25) is 4.99 Å². The van der Waals surface area contributed by atoms with E-state index in [4.69, 9.17) is 0 Å². The molecule has 3 aromatic carbocycles. The highest BCUT2D eigenvalue weighted by Gasteiger charge is 2.01. The van der Waals surface area contributed by atoms with Gasteiger partial charge in [0.2, 0.25) is 0 Å². The van der Waals surface area contributed by atoms with Crippen LogP contribution in [-0.2, 0) is 0 Å². The van der Waals surface area contributed by atoms with Crippen LogP contribution in [0.3, 0.4) is 0 Å². The third kappa shape index (κ3) is 2.41. The molecule has 1 N–H and O–H groups in total. The number of phenols is 1. The maximum atomic E-state index is 10.1. The fourth-order valence-corrected chi connectivity index (χ4v) is 2.20. The molecule has 20 heavy (non-hydrogen) atoms. The van der Waals surface area contributed by atoms with Crippen molar-refractivity contribution in [3.8, 4) is 5.75 Å². The molecule has 3 rings (SSSR count). The molecule has 0 saturated heterocycles. The van der Waals surface area contributed by atoms with Crippen LogP contribution in [0.15, 0.2) is 65.7 Å². The van der Waals surface area contributed by atoms with Crippen LogP contribution < -0.4 is 0 Å². The van der Waals surface area contributed by atoms with E-state index in [1.807, 2.05) is 61.5 Å². The van der Waals surface area contributed by atoms with Gasteiger partial charge in [0.25, 0.3) is 0 Å². The highest BCUT2D eigenvalue weighted by Crippen LogP contribution is 2.25. The van der Waals surface area contributed by atoms with Crippen molar-refractivity contribution in [3.05, 3.63) is 71.8 Å². The number of aliphatic imine (C=N–C) groups is 1. The first-order chi connectivity index (χ1) is 9.74. The molecule has 2 heteroatoms. The van der Waals surface area contributed by atoms with Gasteiger partial charge in [0.1, 0.15) is 5.75 Å². The Kier molecular flexibility index (Phi) is 3.21. The van der Waals surface area contributed by atoms with Gasteiger partial charge in [0.15, 0.2) is 0 Å². The van der Waals surface area contributed by atoms with Crippen LogP contribution in [0.1, 0.15) is 11.1 Å². The maximum Gasteiger partial charge on any atom is 0.124 e. The van der Waals surface area contributed by atoms with Crippen LogP contribution in [-0.4, -0.2) is 11.3 Å². The standard InChI is InChI=1S/C18H15NO/c1-13-6-2-5-9-17(13)19-12-16-10-14-7-3-4-8-15(14)11-18(16)20/h2-12,20H,1H3/b19-12+. The normalized spacial score (nSPS) is 11.2. The molecule has 0 aliphatic rings. The number of benzene rings is 3. The lowest BCUT2D eigenvalue weighted by Crippen LogP contribution is -1.84. The van der Waals surface area contributed by atoms with E-state index in [0.717, 1.165) is 27.6 Å². The number of phenolic OH excluding ortho intramolecular Hbond substituents is 1. The van der Waals surface area contributed by atoms with Gasteiger partial charge in [-0.05, 0) is 41.5 Å². The number of hydrogen-bond acceptors (Lipinski definition) is 2. The van der Waals surface area contributed by atoms with Crippen LogP contribution in [0, 0.1) is 6.92 Å². The predicted octanol–water partition coefficient (Wildman–Crippen LogP) is 4.60. The third-order valence-corrected chi connectivity index (χ3v) is 3.35. The van der Waals surface area contributed by atoms with E-state index in [9.17, 15) is 5.11 Å². The Balaban J connectivity index is 2.02. The zero-order chi connectivity index (χ0) is 13.9. The second kappa shape index (κ2) is 5.17. The van der Waals surface area contributed by atoms with Gasteiger partial charge in [-0.15, -0.1) is 0 Å². The molecule has 0 unspecified atom stereocenters. The van der Waals surface area contributed by atoms with Gasteiger partial charge in [-0.2, -0.15) is 0 Å². The van der Waals surface area contributed by atoms with Crippen molar-refractivity contribution in [1.29, 1.82) is 0 Å². The molecule has 0 aliphatic heterocycles. The summed E-state index contributed by atoms with van der Waals surface area (Å²) in [5.41, 5.74) is 2.76. The van der Waals surface area contributed by atoms with E-state index in [2.05, 4.69) is 4.99 Å². The molecule has 98 valence electrons. The van der Waals surface area contributed by atoms with Crippen LogP contribution in [0.25, 0.3) is 10.8 Å². The average molecular weight is 261 g/mol. The molecule has 0 fully saturated rings. The summed E-state index contributed by atoms with van der Waals surface area (Å²) in [7, 11) is 0. The van der Waals surface area contributed by atoms with Gasteiger partial charge < -0.3 is 5.11 Å². The number of aromatic hydroxyl groups is 1. The van der Waals surface area contributed by atoms with Gasteiger partial charge in [0, 0.05) is 11.8 Å². The van der Waals surface area contributed by atoms with E-state index >= 15 is 0 Å². The van der Waals surface area contributed by atoms with Crippen molar-refractivity contribution in [3.63, 3.8) is 0 Å². The molecule has 0 heterocycles. The summed E-state index contributed by atoms with van der Waals surface area (Å²) >= 11 is 0. The van der Waals surface area contributed by atoms with Crippen molar-refractivity contribution >= 4 is 22.7 Å². The highest BCUT2D eigenvalue weighted by molar-refractivity contribution is 5.94. The number of para-hydroxylation sites is 1. The minimum atomic E-state index is 0.251. The predicted molar refractivity (Wildman–Crippen MR) is 84.0 cm³/mol. The zero-order valence-corrected chi connectivity index (χ0v) is 11.2. The lowest BCUT2D eigenvalue weighted by molar-refractivity contribution is 0.475. The molecule has 0 radical (unpaired) electrons. The molecule has 0 spiro atoms. The summed E-state index contributed by atoms with van der Waals surface area (Å²) in [5.74, 6) is 0.251. The molecule has 2 nitrogen and oxygen atoms in total. The van der Waals surface area contributed by atoms with Gasteiger partial charge in [-0.25, -0.2) is 0 Å². The second-order valence-corrected chi connectivity index (χ2v) is 4.80. The fourth-order valence-electron chi connectivity index (χ4n) is 2.20. The zero-order valence-electron chi connectivity index (χ0n) is 11.2. The van der Waals surface area contributed by atoms with E-state index < -0.39 is 0 Å². The first kappa shape index (κ1) is 12.4. The Morgan fingerprint density at radius 3 is 2.30 bits per heavy atom. The molecule has 0 atom stereocenters. The summed E-state index contributed by atoms with van der Waals surface area (Å²) in [6.45, 7) is 2.02. The van der Waals surface area contributed by atoms with E-state index in [1.165, 1.54) is 0 Å². The highest BCUT2D eigenvalue weighted by atomic mass is 16.3. The molecular formula is C18H15NO. The quantitative estimate of drug-likeness (QED) is 0.671. The summed E-state index contributed by atoms with van der Waals surface area (Å²) < 4.78 is 0. The van der Waals surface area contributed by atoms with Crippen molar-refractivity contribution in [1.82, 2.24) is 0 Å². The molecule has 0 saturated carbocycles. The Morgan fingerprint density at radius 1 is 0.900 bits per heavy atom. The van der Waals surface area contributed by atoms with Crippen molar-refractivity contribution in [2.24, 2.45) is 4.99 Å². The summed E-state index contributed by atoms with van der Waals surface area (Å²) in [4.78, 5) is 4.46. The Hall–Kier alpha value is -2.61. The van der Waals surface area contributed by atoms with Crippen LogP contribution in [0.4, 0.5) is 5.69 Å². The molecule has 0 aliphatic carbocycles. The molecular weight excluding hydrogens is 246 g/mol. The number of rotatable bonds is 2. The van der Waals surface area contributed by atoms with Crippen LogP contribution in [0.2, 0.25) is 0 Å². The smallest absolute Gasteiger partial charge is 0.124 e. The Morgan fingerprint density at radius 2 is 1.55 bits per heavy atom. The summed E-state index contributed by atoms with van der Waals surface area (Å²) in [6.07, 6.45) is 1.71. The Bertz CT molecular complexity index is 790. The van der Waals surface area contributed by atoms with E-state index in [1.54, 1.807) is 12.3 Å². The number of nitrogens with zero attached hydrogens (tertiary/aromatic N) is 1. The third-order valence-electron chi connectivity index (χ3n) is 3.35. The SMILES string of the molecule is Cc1ccccc1/N=C/c1cc2ccccc2cc1O. The van der Waals surface area contributed by atoms with Crippen LogP contribution in [0.5, 0.6) is 5.75 Å². The fraction of sp³-hybridized carbons (Fsp3) is 0.0556. The lowest BCUT2D eigenvalue weighted by atomic mass is 10.1. The molecule has 0 bridgehead atoms. The van der Waals surface area contributed by atoms with Crippen molar-refractivity contribution in [2.45, 2.75) is 6.92 Å². The summed E-state index contributed by atoms with van der Waals surface area (Å²) in [6, 6.07) is 19.6. The minimum Gasteiger partial charge on any atom is -0.507 e. The van der Waals surface area contributed by atoms with Gasteiger partial charge in [0.05, 0.1) is 5.69 Å². The second-order valence-electron chi connectivity index (χ2n) is 4.80.